The van der Waals surface area contributed by atoms with E-state index in [0.29, 0.717) is 16.8 Å². The number of nitriles is 2. The van der Waals surface area contributed by atoms with Crippen molar-refractivity contribution < 1.29 is 14.4 Å². The molecular formula is C43H33N3O3. The Balaban J connectivity index is 1.55. The molecule has 1 saturated carbocycles. The molecule has 0 saturated heterocycles. The van der Waals surface area contributed by atoms with Crippen LogP contribution in [0, 0.1) is 39.9 Å². The highest BCUT2D eigenvalue weighted by atomic mass is 16.2. The van der Waals surface area contributed by atoms with Gasteiger partial charge >= 0.3 is 0 Å². The number of fused-ring (bicyclic) bond motifs is 2. The van der Waals surface area contributed by atoms with Crippen molar-refractivity contribution in [1.29, 1.82) is 10.5 Å². The van der Waals surface area contributed by atoms with Gasteiger partial charge in [-0.2, -0.15) is 10.5 Å². The number of benzene rings is 5. The van der Waals surface area contributed by atoms with Crippen LogP contribution in [0.4, 0.5) is 5.69 Å². The molecule has 1 aliphatic heterocycles. The van der Waals surface area contributed by atoms with Crippen LogP contribution in [0.15, 0.2) is 146 Å². The highest BCUT2D eigenvalue weighted by molar-refractivity contribution is 6.13. The molecule has 0 N–H and O–H groups in total. The van der Waals surface area contributed by atoms with Gasteiger partial charge in [-0.15, -0.1) is 0 Å². The van der Waals surface area contributed by atoms with Gasteiger partial charge in [0.05, 0.1) is 12.1 Å². The van der Waals surface area contributed by atoms with Gasteiger partial charge in [-0.3, -0.25) is 14.5 Å². The van der Waals surface area contributed by atoms with E-state index < -0.39 is 34.1 Å². The number of hydrogen-bond acceptors (Lipinski definition) is 5. The minimum atomic E-state index is -2.04. The van der Waals surface area contributed by atoms with Crippen LogP contribution in [0.3, 0.4) is 0 Å². The van der Waals surface area contributed by atoms with Crippen LogP contribution in [-0.4, -0.2) is 18.0 Å². The number of para-hydroxylation sites is 1. The highest BCUT2D eigenvalue weighted by Gasteiger charge is 2.74. The normalized spacial score (nSPS) is 20.9. The zero-order valence-corrected chi connectivity index (χ0v) is 26.8. The Morgan fingerprint density at radius 2 is 1.18 bits per heavy atom. The molecule has 5 aromatic carbocycles. The second-order valence-corrected chi connectivity index (χ2v) is 12.8. The van der Waals surface area contributed by atoms with E-state index in [9.17, 15) is 20.1 Å². The molecule has 49 heavy (non-hydrogen) atoms. The summed E-state index contributed by atoms with van der Waals surface area (Å²) in [4.78, 5) is 44.8. The average molecular weight is 640 g/mol. The summed E-state index contributed by atoms with van der Waals surface area (Å²) in [6, 6.07) is 49.8. The van der Waals surface area contributed by atoms with Crippen molar-refractivity contribution in [3.63, 3.8) is 0 Å². The SMILES string of the molecule is N#CC1(C#N)[C@H](CC(=O)c2ccccc2)CC[C@@H](C=O)[C@@]12C(=O)N(C(c1ccccc1)(c1ccccc1)c1ccccc1)c1ccccc12. The number of rotatable bonds is 8. The Hall–Kier alpha value is -6.11. The first-order chi connectivity index (χ1) is 24.0. The van der Waals surface area contributed by atoms with Crippen LogP contribution in [0.25, 0.3) is 0 Å². The molecule has 0 radical (unpaired) electrons. The Morgan fingerprint density at radius 3 is 1.67 bits per heavy atom. The van der Waals surface area contributed by atoms with E-state index in [4.69, 9.17) is 0 Å². The molecule has 1 aliphatic carbocycles. The fourth-order valence-corrected chi connectivity index (χ4v) is 8.60. The van der Waals surface area contributed by atoms with Crippen molar-refractivity contribution in [3.8, 4) is 12.1 Å². The van der Waals surface area contributed by atoms with E-state index in [-0.39, 0.29) is 25.0 Å². The van der Waals surface area contributed by atoms with Crippen LogP contribution in [0.5, 0.6) is 0 Å². The summed E-state index contributed by atoms with van der Waals surface area (Å²) in [7, 11) is 0. The lowest BCUT2D eigenvalue weighted by atomic mass is 9.46. The number of aldehydes is 1. The number of carbonyl (C=O) groups is 3. The summed E-state index contributed by atoms with van der Waals surface area (Å²) < 4.78 is 0. The molecule has 0 unspecified atom stereocenters. The van der Waals surface area contributed by atoms with Crippen molar-refractivity contribution in [2.45, 2.75) is 30.2 Å². The lowest BCUT2D eigenvalue weighted by Gasteiger charge is -2.51. The third-order valence-corrected chi connectivity index (χ3v) is 10.7. The smallest absolute Gasteiger partial charge is 0.242 e. The maximum Gasteiger partial charge on any atom is 0.242 e. The topological polar surface area (TPSA) is 102 Å². The molecular weight excluding hydrogens is 606 g/mol. The first-order valence-corrected chi connectivity index (χ1v) is 16.5. The summed E-state index contributed by atoms with van der Waals surface area (Å²) in [5, 5.41) is 22.5. The summed E-state index contributed by atoms with van der Waals surface area (Å²) in [6.07, 6.45) is 1.13. The first-order valence-electron chi connectivity index (χ1n) is 16.5. The Morgan fingerprint density at radius 1 is 0.714 bits per heavy atom. The summed E-state index contributed by atoms with van der Waals surface area (Å²) in [5.74, 6) is -2.54. The lowest BCUT2D eigenvalue weighted by molar-refractivity contribution is -0.137. The molecule has 6 nitrogen and oxygen atoms in total. The van der Waals surface area contributed by atoms with Crippen molar-refractivity contribution in [3.05, 3.63) is 173 Å². The maximum absolute atomic E-state index is 16.1. The maximum atomic E-state index is 16.1. The molecule has 1 heterocycles. The molecule has 5 aromatic rings. The Kier molecular flexibility index (Phi) is 8.02. The molecule has 1 fully saturated rings. The average Bonchev–Trinajstić information content (AvgIpc) is 3.43. The number of Topliss-reactive ketones (excluding diaryl/α,β-unsaturated/α-hetero) is 1. The molecule has 0 bridgehead atoms. The van der Waals surface area contributed by atoms with Gasteiger partial charge in [0.25, 0.3) is 0 Å². The standard InChI is InChI=1S/C43H33N3O3/c44-29-41(30-45)35(27-39(48)31-15-5-1-6-16-31)25-26-36(28-47)42(41)37-23-13-14-24-38(37)46(40(42)49)43(32-17-7-2-8-18-32,33-19-9-3-10-20-33)34-21-11-4-12-22-34/h1-24,28,35-36H,25-27H2/t35-,36-,42+/m0/s1. The first kappa shape index (κ1) is 31.5. The minimum Gasteiger partial charge on any atom is -0.303 e. The van der Waals surface area contributed by atoms with E-state index in [2.05, 4.69) is 12.1 Å². The Bertz CT molecular complexity index is 1990. The van der Waals surface area contributed by atoms with Crippen LogP contribution < -0.4 is 4.90 Å². The van der Waals surface area contributed by atoms with Crippen LogP contribution >= 0.6 is 0 Å². The molecule has 0 aromatic heterocycles. The van der Waals surface area contributed by atoms with Crippen molar-refractivity contribution in [2.24, 2.45) is 17.3 Å². The molecule has 1 spiro atoms. The third-order valence-electron chi connectivity index (χ3n) is 10.7. The van der Waals surface area contributed by atoms with Gasteiger partial charge in [0, 0.05) is 23.6 Å². The van der Waals surface area contributed by atoms with Crippen molar-refractivity contribution in [1.82, 2.24) is 0 Å². The van der Waals surface area contributed by atoms with E-state index in [0.717, 1.165) is 23.0 Å². The van der Waals surface area contributed by atoms with Gasteiger partial charge in [-0.05, 0) is 47.1 Å². The second-order valence-electron chi connectivity index (χ2n) is 12.8. The molecule has 7 rings (SSSR count). The number of ketones is 1. The number of amides is 1. The fraction of sp³-hybridized carbons (Fsp3) is 0.186. The molecule has 238 valence electrons. The monoisotopic (exact) mass is 639 g/mol. The van der Waals surface area contributed by atoms with Gasteiger partial charge in [0.1, 0.15) is 17.2 Å². The van der Waals surface area contributed by atoms with Gasteiger partial charge in [0.15, 0.2) is 11.2 Å². The second kappa shape index (κ2) is 12.5. The quantitative estimate of drug-likeness (QED) is 0.0980. The number of anilines is 1. The Labute approximate surface area is 285 Å². The van der Waals surface area contributed by atoms with E-state index in [1.54, 1.807) is 41.3 Å². The van der Waals surface area contributed by atoms with Crippen molar-refractivity contribution >= 4 is 23.7 Å². The summed E-state index contributed by atoms with van der Waals surface area (Å²) in [5.41, 5.74) is -1.39. The zero-order valence-electron chi connectivity index (χ0n) is 26.8. The minimum absolute atomic E-state index is 0.116. The fourth-order valence-electron chi connectivity index (χ4n) is 8.60. The predicted octanol–water partition coefficient (Wildman–Crippen LogP) is 7.79. The van der Waals surface area contributed by atoms with E-state index in [1.807, 2.05) is 109 Å². The van der Waals surface area contributed by atoms with Gasteiger partial charge < -0.3 is 4.79 Å². The van der Waals surface area contributed by atoms with Crippen LogP contribution in [-0.2, 0) is 20.5 Å². The number of hydrogen-bond donors (Lipinski definition) is 0. The van der Waals surface area contributed by atoms with Crippen LogP contribution in [0.2, 0.25) is 0 Å². The van der Waals surface area contributed by atoms with Crippen molar-refractivity contribution in [2.75, 3.05) is 4.90 Å². The third kappa shape index (κ3) is 4.41. The summed E-state index contributed by atoms with van der Waals surface area (Å²) in [6.45, 7) is 0. The van der Waals surface area contributed by atoms with Gasteiger partial charge in [-0.25, -0.2) is 0 Å². The molecule has 2 aliphatic rings. The van der Waals surface area contributed by atoms with E-state index in [1.165, 1.54) is 0 Å². The van der Waals surface area contributed by atoms with Crippen LogP contribution in [0.1, 0.15) is 51.9 Å². The predicted molar refractivity (Wildman–Crippen MR) is 186 cm³/mol. The number of nitrogens with zero attached hydrogens (tertiary/aromatic N) is 3. The van der Waals surface area contributed by atoms with Gasteiger partial charge in [-0.1, -0.05) is 140 Å². The highest BCUT2D eigenvalue weighted by Crippen LogP contribution is 2.65. The van der Waals surface area contributed by atoms with E-state index >= 15 is 4.79 Å². The largest absolute Gasteiger partial charge is 0.303 e. The zero-order chi connectivity index (χ0) is 34.1. The molecule has 3 atom stereocenters. The van der Waals surface area contributed by atoms with Gasteiger partial charge in [0.2, 0.25) is 5.91 Å². The lowest BCUT2D eigenvalue weighted by Crippen LogP contribution is -2.64. The molecule has 6 heteroatoms. The molecule has 1 amide bonds. The summed E-state index contributed by atoms with van der Waals surface area (Å²) >= 11 is 0. The number of carbonyl (C=O) groups excluding carboxylic acids is 3.